The number of anilines is 1. The van der Waals surface area contributed by atoms with E-state index >= 15 is 4.39 Å². The van der Waals surface area contributed by atoms with Crippen LogP contribution in [0.3, 0.4) is 0 Å². The Morgan fingerprint density at radius 2 is 1.81 bits per heavy atom. The number of fused-ring (bicyclic) bond motifs is 4. The van der Waals surface area contributed by atoms with Gasteiger partial charge in [-0.3, -0.25) is 19.7 Å². The molecule has 4 aromatic carbocycles. The molecule has 2 bridgehead atoms. The van der Waals surface area contributed by atoms with Crippen LogP contribution in [0, 0.1) is 18.7 Å². The zero-order valence-electron chi connectivity index (χ0n) is 43.6. The van der Waals surface area contributed by atoms with Gasteiger partial charge < -0.3 is 39.8 Å². The van der Waals surface area contributed by atoms with E-state index in [1.54, 1.807) is 36.3 Å². The van der Waals surface area contributed by atoms with Crippen molar-refractivity contribution in [3.8, 4) is 34.0 Å². The van der Waals surface area contributed by atoms with Gasteiger partial charge in [0.05, 0.1) is 37.0 Å². The number of methoxy groups -OCH3 is 1. The second kappa shape index (κ2) is 22.0. The van der Waals surface area contributed by atoms with Gasteiger partial charge in [-0.05, 0) is 97.2 Å². The number of nitrogens with zero attached hydrogens (tertiary/aromatic N) is 9. The zero-order chi connectivity index (χ0) is 53.5. The predicted molar refractivity (Wildman–Crippen MR) is 290 cm³/mol. The maximum absolute atomic E-state index is 15.8. The fourth-order valence-electron chi connectivity index (χ4n) is 11.3. The smallest absolute Gasteiger partial charge is 0.319 e. The van der Waals surface area contributed by atoms with Crippen molar-refractivity contribution >= 4 is 51.0 Å². The van der Waals surface area contributed by atoms with Gasteiger partial charge in [0.2, 0.25) is 11.8 Å². The minimum Gasteiger partial charge on any atom is -0.486 e. The van der Waals surface area contributed by atoms with Crippen molar-refractivity contribution in [2.75, 3.05) is 51.4 Å². The Labute approximate surface area is 450 Å². The van der Waals surface area contributed by atoms with Gasteiger partial charge in [-0.15, -0.1) is 0 Å². The summed E-state index contributed by atoms with van der Waals surface area (Å²) in [6.07, 6.45) is 5.28. The average molecular weight is 1070 g/mol. The first-order valence-electron chi connectivity index (χ1n) is 26.3. The molecule has 7 aromatic rings. The number of halogens is 2. The molecule has 77 heavy (non-hydrogen) atoms. The standard InChI is InChI=1S/C57H62ClFN12O6/c1-31(2)51(56(74)69-21-7-9-48(69)55(73)63-47(28-72)37-16-14-35(15-17-37)40-8-6-20-60-53(40)58)71-27-46(67-68-71)36-12-10-34(11-13-36)30-76-52-41(49-33(4)44(59)23-45-43(49)25-62-66-45)18-19-42-50(52)64-57(77-29-32(3)75-5)65-54(42)70-26-38-22-39(70)24-61-38/h6,8,10-20,23,25,31-32,38-39,46-48,51,61,72H,7,9,21-22,24,26-30H2,1-5H3,(H,62,66)(H,63,73)/t32-,38?,39?,46?,47?,48?,51?/m0/s1. The number of H-pyrrole nitrogens is 1. The molecule has 0 radical (unpaired) electrons. The van der Waals surface area contributed by atoms with Crippen molar-refractivity contribution in [1.29, 1.82) is 0 Å². The summed E-state index contributed by atoms with van der Waals surface area (Å²) in [4.78, 5) is 46.7. The quantitative estimate of drug-likeness (QED) is 0.0596. The number of likely N-dealkylation sites (tertiary alicyclic amines) is 1. The summed E-state index contributed by atoms with van der Waals surface area (Å²) in [6.45, 7) is 10.1. The lowest BCUT2D eigenvalue weighted by Crippen LogP contribution is -2.54. The summed E-state index contributed by atoms with van der Waals surface area (Å²) < 4.78 is 34.4. The highest BCUT2D eigenvalue weighted by Crippen LogP contribution is 2.45. The van der Waals surface area contributed by atoms with Gasteiger partial charge in [0.1, 0.15) is 53.6 Å². The molecule has 7 heterocycles. The third-order valence-corrected chi connectivity index (χ3v) is 15.8. The normalized spacial score (nSPS) is 20.2. The van der Waals surface area contributed by atoms with Gasteiger partial charge in [-0.25, -0.2) is 9.37 Å². The number of hydrogen-bond donors (Lipinski definition) is 4. The lowest BCUT2D eigenvalue weighted by molar-refractivity contribution is -0.144. The first-order valence-corrected chi connectivity index (χ1v) is 26.7. The van der Waals surface area contributed by atoms with Crippen molar-refractivity contribution < 1.29 is 33.3 Å². The molecule has 11 rings (SSSR count). The number of pyridine rings is 1. The number of piperazine rings is 1. The Hall–Kier alpha value is -7.32. The number of nitrogens with one attached hydrogen (secondary N) is 3. The van der Waals surface area contributed by atoms with Gasteiger partial charge >= 0.3 is 6.01 Å². The highest BCUT2D eigenvalue weighted by atomic mass is 35.5. The SMILES string of the molecule is CO[C@@H](C)COc1nc(N2CC3CC2CN3)c2ccc(-c3c(C)c(F)cc4[nH]ncc34)c(OCc3ccc(C4CN(C(C(=O)N5CCCC5C(=O)NC(CO)c5ccc(-c6cccnc6Cl)cc5)C(C)C)N=N4)cc3)c2n1. The van der Waals surface area contributed by atoms with Crippen LogP contribution in [-0.4, -0.2) is 129 Å². The number of hydrogen-bond acceptors (Lipinski definition) is 15. The summed E-state index contributed by atoms with van der Waals surface area (Å²) in [5.41, 5.74) is 6.94. The molecular formula is C57H62ClFN12O6. The maximum atomic E-state index is 15.8. The van der Waals surface area contributed by atoms with E-state index in [1.807, 2.05) is 93.6 Å². The van der Waals surface area contributed by atoms with E-state index in [4.69, 9.17) is 35.8 Å². The number of aromatic amines is 1. The number of aromatic nitrogens is 5. The van der Waals surface area contributed by atoms with Crippen LogP contribution >= 0.6 is 11.6 Å². The number of benzene rings is 4. The van der Waals surface area contributed by atoms with E-state index in [0.29, 0.717) is 70.6 Å². The second-order valence-electron chi connectivity index (χ2n) is 20.8. The molecule has 0 saturated carbocycles. The molecule has 4 aliphatic rings. The molecule has 0 spiro atoms. The number of carbonyl (C=O) groups excluding carboxylic acids is 2. The molecule has 6 unspecified atom stereocenters. The number of aliphatic hydroxyl groups excluding tert-OH is 1. The van der Waals surface area contributed by atoms with E-state index in [-0.39, 0.29) is 67.6 Å². The molecule has 18 nitrogen and oxygen atoms in total. The van der Waals surface area contributed by atoms with Gasteiger partial charge in [-0.2, -0.15) is 20.2 Å². The highest BCUT2D eigenvalue weighted by Gasteiger charge is 2.43. The van der Waals surface area contributed by atoms with Gasteiger partial charge in [0.25, 0.3) is 0 Å². The van der Waals surface area contributed by atoms with Crippen LogP contribution in [-0.2, 0) is 20.9 Å². The topological polar surface area (TPSA) is 208 Å². The van der Waals surface area contributed by atoms with Crippen molar-refractivity contribution in [1.82, 2.24) is 45.7 Å². The van der Waals surface area contributed by atoms with Crippen molar-refractivity contribution in [3.63, 3.8) is 0 Å². The Kier molecular flexibility index (Phi) is 14.8. The largest absolute Gasteiger partial charge is 0.486 e. The van der Waals surface area contributed by atoms with Crippen molar-refractivity contribution in [2.24, 2.45) is 16.3 Å². The van der Waals surface area contributed by atoms with E-state index in [2.05, 4.69) is 41.1 Å². The summed E-state index contributed by atoms with van der Waals surface area (Å²) in [6, 6.07) is 22.9. The fraction of sp³-hybridized carbons (Fsp3) is 0.404. The van der Waals surface area contributed by atoms with Crippen LogP contribution in [0.15, 0.2) is 102 Å². The molecule has 7 atom stereocenters. The van der Waals surface area contributed by atoms with E-state index in [0.717, 1.165) is 63.9 Å². The monoisotopic (exact) mass is 1060 g/mol. The van der Waals surface area contributed by atoms with Crippen molar-refractivity contribution in [3.05, 3.63) is 124 Å². The molecule has 0 aliphatic carbocycles. The van der Waals surface area contributed by atoms with Crippen LogP contribution in [0.5, 0.6) is 11.8 Å². The summed E-state index contributed by atoms with van der Waals surface area (Å²) in [5.74, 6) is 0.152. The number of aliphatic hydroxyl groups is 1. The molecule has 3 aromatic heterocycles. The first-order chi connectivity index (χ1) is 37.4. The Bertz CT molecular complexity index is 3340. The van der Waals surface area contributed by atoms with Gasteiger partial charge in [0.15, 0.2) is 5.75 Å². The van der Waals surface area contributed by atoms with E-state index in [1.165, 1.54) is 6.07 Å². The lowest BCUT2D eigenvalue weighted by Gasteiger charge is -2.34. The minimum absolute atomic E-state index is 0.142. The van der Waals surface area contributed by atoms with Gasteiger partial charge in [-0.1, -0.05) is 79.2 Å². The number of carbonyl (C=O) groups is 2. The van der Waals surface area contributed by atoms with Crippen molar-refractivity contribution in [2.45, 2.75) is 95.9 Å². The van der Waals surface area contributed by atoms with Crippen LogP contribution in [0.4, 0.5) is 10.2 Å². The molecule has 2 amide bonds. The van der Waals surface area contributed by atoms with Crippen LogP contribution in [0.1, 0.15) is 74.4 Å². The number of amides is 2. The lowest BCUT2D eigenvalue weighted by atomic mass is 9.94. The van der Waals surface area contributed by atoms with Crippen LogP contribution in [0.2, 0.25) is 5.15 Å². The minimum atomic E-state index is -0.710. The fourth-order valence-corrected chi connectivity index (χ4v) is 11.5. The number of ether oxygens (including phenoxy) is 3. The maximum Gasteiger partial charge on any atom is 0.319 e. The number of rotatable bonds is 18. The molecule has 400 valence electrons. The average Bonchev–Trinajstić information content (AvgIpc) is 4.41. The molecule has 20 heteroatoms. The highest BCUT2D eigenvalue weighted by molar-refractivity contribution is 6.32. The summed E-state index contributed by atoms with van der Waals surface area (Å²) in [5, 5.41) is 37.1. The summed E-state index contributed by atoms with van der Waals surface area (Å²) in [7, 11) is 1.63. The first kappa shape index (κ1) is 51.8. The molecule has 3 saturated heterocycles. The third-order valence-electron chi connectivity index (χ3n) is 15.5. The Morgan fingerprint density at radius 1 is 0.987 bits per heavy atom. The third kappa shape index (κ3) is 10.2. The van der Waals surface area contributed by atoms with Crippen LogP contribution < -0.4 is 25.0 Å². The Morgan fingerprint density at radius 3 is 2.53 bits per heavy atom. The molecule has 3 fully saturated rings. The second-order valence-corrected chi connectivity index (χ2v) is 21.2. The van der Waals surface area contributed by atoms with E-state index in [9.17, 15) is 14.7 Å². The van der Waals surface area contributed by atoms with E-state index < -0.39 is 18.1 Å². The zero-order valence-corrected chi connectivity index (χ0v) is 44.4. The van der Waals surface area contributed by atoms with Gasteiger partial charge in [0, 0.05) is 72.5 Å². The van der Waals surface area contributed by atoms with Crippen LogP contribution in [0.25, 0.3) is 44.1 Å². The molecular weight excluding hydrogens is 1000 g/mol. The predicted octanol–water partition coefficient (Wildman–Crippen LogP) is 8.47. The summed E-state index contributed by atoms with van der Waals surface area (Å²) >= 11 is 6.33. The molecule has 4 N–H and O–H groups in total. The Balaban J connectivity index is 0.809. The molecule has 4 aliphatic heterocycles.